The third kappa shape index (κ3) is 5.10. The molecule has 0 bridgehead atoms. The number of hydrogen-bond donors (Lipinski definition) is 1. The molecule has 1 aliphatic carbocycles. The number of nitrogens with zero attached hydrogens (tertiary/aromatic N) is 2. The largest absolute Gasteiger partial charge is 0.507 e. The van der Waals surface area contributed by atoms with E-state index in [2.05, 4.69) is 5.10 Å². The van der Waals surface area contributed by atoms with Crippen molar-refractivity contribution in [3.63, 3.8) is 0 Å². The summed E-state index contributed by atoms with van der Waals surface area (Å²) in [5.41, 5.74) is 1.50. The Morgan fingerprint density at radius 3 is 2.76 bits per heavy atom. The van der Waals surface area contributed by atoms with E-state index in [-0.39, 0.29) is 29.7 Å². The molecule has 0 aliphatic heterocycles. The van der Waals surface area contributed by atoms with Crippen molar-refractivity contribution in [2.24, 2.45) is 5.92 Å². The fourth-order valence-corrected chi connectivity index (χ4v) is 4.01. The zero-order chi connectivity index (χ0) is 21.0. The number of carbonyl (C=O) groups excluding carboxylic acids is 1. The van der Waals surface area contributed by atoms with E-state index in [1.54, 1.807) is 31.3 Å². The lowest BCUT2D eigenvalue weighted by Crippen LogP contribution is -2.26. The summed E-state index contributed by atoms with van der Waals surface area (Å²) in [6, 6.07) is 5.13. The number of phenols is 1. The van der Waals surface area contributed by atoms with Gasteiger partial charge in [0.15, 0.2) is 6.29 Å². The van der Waals surface area contributed by atoms with Crippen LogP contribution < -0.4 is 4.74 Å². The highest BCUT2D eigenvalue weighted by Crippen LogP contribution is 2.39. The number of aromatic nitrogens is 2. The Balaban J connectivity index is 1.74. The molecule has 3 rings (SSSR count). The fourth-order valence-electron chi connectivity index (χ4n) is 4.01. The van der Waals surface area contributed by atoms with Crippen LogP contribution in [0.2, 0.25) is 0 Å². The molecule has 8 heteroatoms. The van der Waals surface area contributed by atoms with Crippen molar-refractivity contribution in [1.29, 1.82) is 0 Å². The summed E-state index contributed by atoms with van der Waals surface area (Å²) >= 11 is 0. The minimum Gasteiger partial charge on any atom is -0.507 e. The van der Waals surface area contributed by atoms with Crippen LogP contribution in [0, 0.1) is 12.8 Å². The average molecular weight is 410 g/mol. The fraction of sp³-hybridized carbons (Fsp3) is 0.524. The molecule has 0 spiro atoms. The van der Waals surface area contributed by atoms with Gasteiger partial charge in [-0.3, -0.25) is 9.48 Å². The van der Waals surface area contributed by atoms with E-state index >= 15 is 0 Å². The molecule has 1 saturated carbocycles. The summed E-state index contributed by atoms with van der Waals surface area (Å²) < 4.78 is 45.2. The molecule has 2 aromatic rings. The molecule has 0 saturated heterocycles. The van der Waals surface area contributed by atoms with E-state index in [0.29, 0.717) is 24.2 Å². The van der Waals surface area contributed by atoms with Crippen LogP contribution in [0.15, 0.2) is 24.4 Å². The number of alkyl halides is 3. The summed E-state index contributed by atoms with van der Waals surface area (Å²) in [5, 5.41) is 14.2. The lowest BCUT2D eigenvalue weighted by Gasteiger charge is -2.32. The molecule has 1 heterocycles. The predicted octanol–water partition coefficient (Wildman–Crippen LogP) is 5.01. The number of phenolic OH excluding ortho intramolecular Hbond substituents is 1. The van der Waals surface area contributed by atoms with Crippen molar-refractivity contribution in [2.75, 3.05) is 6.61 Å². The third-order valence-corrected chi connectivity index (χ3v) is 5.60. The second-order valence-corrected chi connectivity index (χ2v) is 7.57. The van der Waals surface area contributed by atoms with Gasteiger partial charge < -0.3 is 9.84 Å². The van der Waals surface area contributed by atoms with Crippen molar-refractivity contribution >= 4 is 6.29 Å². The lowest BCUT2D eigenvalue weighted by atomic mass is 9.78. The first-order chi connectivity index (χ1) is 13.8. The summed E-state index contributed by atoms with van der Waals surface area (Å²) in [6.07, 6.45) is 0.715. The predicted molar refractivity (Wildman–Crippen MR) is 101 cm³/mol. The number of aryl methyl sites for hydroxylation is 2. The van der Waals surface area contributed by atoms with Crippen LogP contribution in [0.25, 0.3) is 0 Å². The number of hydrogen-bond acceptors (Lipinski definition) is 4. The normalized spacial score (nSPS) is 19.9. The van der Waals surface area contributed by atoms with Gasteiger partial charge in [-0.15, -0.1) is 0 Å². The third-order valence-electron chi connectivity index (χ3n) is 5.60. The highest BCUT2D eigenvalue weighted by Gasteiger charge is 2.32. The van der Waals surface area contributed by atoms with Crippen molar-refractivity contribution < 1.29 is 27.8 Å². The highest BCUT2D eigenvalue weighted by atomic mass is 19.4. The Bertz CT molecular complexity index is 848. The van der Waals surface area contributed by atoms with E-state index in [9.17, 15) is 23.1 Å². The molecule has 5 nitrogen and oxygen atoms in total. The monoisotopic (exact) mass is 410 g/mol. The van der Waals surface area contributed by atoms with Gasteiger partial charge in [0.2, 0.25) is 0 Å². The molecule has 1 N–H and O–H groups in total. The topological polar surface area (TPSA) is 64.4 Å². The van der Waals surface area contributed by atoms with Crippen LogP contribution >= 0.6 is 0 Å². The van der Waals surface area contributed by atoms with Crippen LogP contribution in [0.1, 0.15) is 59.6 Å². The van der Waals surface area contributed by atoms with Crippen molar-refractivity contribution in [3.05, 3.63) is 41.2 Å². The van der Waals surface area contributed by atoms with E-state index in [4.69, 9.17) is 4.74 Å². The van der Waals surface area contributed by atoms with Crippen LogP contribution in [-0.4, -0.2) is 34.0 Å². The van der Waals surface area contributed by atoms with Gasteiger partial charge in [0, 0.05) is 30.3 Å². The standard InChI is InChI=1S/C21H25F3N2O3/c1-14-6-7-19(17(12-27)20(14)28)29-13-15-4-2-3-5-16(15)18-8-10-25-26(18)11-9-21(22,23)24/h6-8,10,12,15-16,28H,2-5,9,11,13H2,1H3. The maximum atomic E-state index is 12.6. The van der Waals surface area contributed by atoms with E-state index in [1.807, 2.05) is 0 Å². The molecule has 1 aliphatic rings. The Labute approximate surface area is 167 Å². The summed E-state index contributed by atoms with van der Waals surface area (Å²) in [6.45, 7) is 1.82. The first kappa shape index (κ1) is 21.2. The van der Waals surface area contributed by atoms with E-state index < -0.39 is 12.6 Å². The number of aldehydes is 1. The molecule has 0 radical (unpaired) electrons. The van der Waals surface area contributed by atoms with Gasteiger partial charge in [0.1, 0.15) is 11.5 Å². The SMILES string of the molecule is Cc1ccc(OCC2CCCCC2c2ccnn2CCC(F)(F)F)c(C=O)c1O. The Hall–Kier alpha value is -2.51. The van der Waals surface area contributed by atoms with Gasteiger partial charge in [-0.05, 0) is 37.5 Å². The lowest BCUT2D eigenvalue weighted by molar-refractivity contribution is -0.137. The molecule has 29 heavy (non-hydrogen) atoms. The smallest absolute Gasteiger partial charge is 0.390 e. The van der Waals surface area contributed by atoms with Gasteiger partial charge in [-0.25, -0.2) is 0 Å². The zero-order valence-electron chi connectivity index (χ0n) is 16.3. The van der Waals surface area contributed by atoms with Crippen molar-refractivity contribution in [1.82, 2.24) is 9.78 Å². The number of aromatic hydroxyl groups is 1. The maximum Gasteiger partial charge on any atom is 0.390 e. The molecule has 0 amide bonds. The van der Waals surface area contributed by atoms with Crippen LogP contribution in [0.3, 0.4) is 0 Å². The number of carbonyl (C=O) groups is 1. The van der Waals surface area contributed by atoms with Crippen molar-refractivity contribution in [2.45, 2.75) is 57.7 Å². The number of halogens is 3. The first-order valence-corrected chi connectivity index (χ1v) is 9.79. The summed E-state index contributed by atoms with van der Waals surface area (Å²) in [4.78, 5) is 11.4. The highest BCUT2D eigenvalue weighted by molar-refractivity contribution is 5.84. The van der Waals surface area contributed by atoms with Gasteiger partial charge in [-0.1, -0.05) is 18.9 Å². The summed E-state index contributed by atoms with van der Waals surface area (Å²) in [7, 11) is 0. The van der Waals surface area contributed by atoms with Crippen LogP contribution in [0.5, 0.6) is 11.5 Å². The second-order valence-electron chi connectivity index (χ2n) is 7.57. The molecular weight excluding hydrogens is 385 g/mol. The molecular formula is C21H25F3N2O3. The Morgan fingerprint density at radius 1 is 1.28 bits per heavy atom. The Morgan fingerprint density at radius 2 is 2.03 bits per heavy atom. The molecule has 1 fully saturated rings. The van der Waals surface area contributed by atoms with Gasteiger partial charge in [0.25, 0.3) is 0 Å². The van der Waals surface area contributed by atoms with E-state index in [0.717, 1.165) is 31.4 Å². The average Bonchev–Trinajstić information content (AvgIpc) is 3.15. The van der Waals surface area contributed by atoms with Crippen molar-refractivity contribution in [3.8, 4) is 11.5 Å². The second kappa shape index (κ2) is 8.88. The molecule has 1 aromatic heterocycles. The molecule has 2 atom stereocenters. The maximum absolute atomic E-state index is 12.6. The minimum atomic E-state index is -4.23. The van der Waals surface area contributed by atoms with Crippen LogP contribution in [0.4, 0.5) is 13.2 Å². The number of ether oxygens (including phenoxy) is 1. The minimum absolute atomic E-state index is 0.0400. The number of rotatable bonds is 7. The summed E-state index contributed by atoms with van der Waals surface area (Å²) in [5.74, 6) is 0.354. The van der Waals surface area contributed by atoms with Gasteiger partial charge >= 0.3 is 6.18 Å². The van der Waals surface area contributed by atoms with Crippen LogP contribution in [-0.2, 0) is 6.54 Å². The molecule has 158 valence electrons. The zero-order valence-corrected chi connectivity index (χ0v) is 16.3. The molecule has 2 unspecified atom stereocenters. The number of benzene rings is 1. The molecule has 1 aromatic carbocycles. The quantitative estimate of drug-likeness (QED) is 0.652. The first-order valence-electron chi connectivity index (χ1n) is 9.79. The van der Waals surface area contributed by atoms with E-state index in [1.165, 1.54) is 4.68 Å². The van der Waals surface area contributed by atoms with Gasteiger partial charge in [0.05, 0.1) is 18.6 Å². The van der Waals surface area contributed by atoms with Gasteiger partial charge in [-0.2, -0.15) is 18.3 Å². The Kier molecular flexibility index (Phi) is 6.49.